The fourth-order valence-corrected chi connectivity index (χ4v) is 1.08. The number of carbonyl (C=O) groups excluding carboxylic acids is 1. The number of hydrogen-bond acceptors (Lipinski definition) is 2. The first-order valence-corrected chi connectivity index (χ1v) is 4.84. The van der Waals surface area contributed by atoms with Crippen molar-refractivity contribution in [1.29, 1.82) is 0 Å². The van der Waals surface area contributed by atoms with Crippen molar-refractivity contribution in [2.24, 2.45) is 0 Å². The number of hydrogen-bond donors (Lipinski definition) is 1. The summed E-state index contributed by atoms with van der Waals surface area (Å²) in [4.78, 5) is 10.8. The fraction of sp³-hybridized carbons (Fsp3) is 0.250. The van der Waals surface area contributed by atoms with E-state index >= 15 is 0 Å². The van der Waals surface area contributed by atoms with Gasteiger partial charge >= 0.3 is 0 Å². The highest BCUT2D eigenvalue weighted by Gasteiger charge is 1.95. The molecule has 0 radical (unpaired) electrons. The Bertz CT molecular complexity index is 341. The van der Waals surface area contributed by atoms with E-state index in [1.54, 1.807) is 0 Å². The number of benzene rings is 1. The van der Waals surface area contributed by atoms with E-state index in [0.717, 1.165) is 11.4 Å². The van der Waals surface area contributed by atoms with Crippen LogP contribution in [0, 0.1) is 0 Å². The minimum absolute atomic E-state index is 0.0717. The average Bonchev–Trinajstić information content (AvgIpc) is 2.20. The van der Waals surface area contributed by atoms with Crippen LogP contribution >= 0.6 is 0 Å². The van der Waals surface area contributed by atoms with E-state index < -0.39 is 0 Å². The molecule has 0 spiro atoms. The Hall–Kier alpha value is -1.77. The Balaban J connectivity index is 2.52. The van der Waals surface area contributed by atoms with Crippen LogP contribution in [0.5, 0.6) is 5.75 Å². The molecule has 80 valence electrons. The van der Waals surface area contributed by atoms with Crippen LogP contribution < -0.4 is 10.1 Å². The van der Waals surface area contributed by atoms with Crippen molar-refractivity contribution < 1.29 is 9.53 Å². The highest BCUT2D eigenvalue weighted by Crippen LogP contribution is 2.15. The van der Waals surface area contributed by atoms with E-state index in [2.05, 4.69) is 5.32 Å². The van der Waals surface area contributed by atoms with Gasteiger partial charge in [-0.2, -0.15) is 0 Å². The molecule has 1 amide bonds. The summed E-state index contributed by atoms with van der Waals surface area (Å²) in [5.41, 5.74) is 0.779. The van der Waals surface area contributed by atoms with Gasteiger partial charge in [-0.25, -0.2) is 0 Å². The lowest BCUT2D eigenvalue weighted by Gasteiger charge is -2.05. The monoisotopic (exact) mass is 205 g/mol. The molecular formula is C12H15NO2. The second-order valence-corrected chi connectivity index (χ2v) is 3.09. The van der Waals surface area contributed by atoms with Crippen molar-refractivity contribution in [1.82, 2.24) is 0 Å². The van der Waals surface area contributed by atoms with Crippen LogP contribution in [0.15, 0.2) is 36.4 Å². The maximum absolute atomic E-state index is 10.8. The Morgan fingerprint density at radius 3 is 2.60 bits per heavy atom. The zero-order valence-electron chi connectivity index (χ0n) is 8.99. The summed E-state index contributed by atoms with van der Waals surface area (Å²) < 4.78 is 5.41. The number of amides is 1. The molecule has 0 fully saturated rings. The molecule has 1 aromatic rings. The van der Waals surface area contributed by atoms with Gasteiger partial charge in [0, 0.05) is 12.6 Å². The molecule has 0 aromatic heterocycles. The molecule has 0 saturated carbocycles. The Labute approximate surface area is 89.8 Å². The molecule has 1 N–H and O–H groups in total. The average molecular weight is 205 g/mol. The van der Waals surface area contributed by atoms with Crippen molar-refractivity contribution in [2.45, 2.75) is 13.8 Å². The minimum Gasteiger partial charge on any atom is -0.490 e. The molecule has 15 heavy (non-hydrogen) atoms. The molecule has 1 aromatic carbocycles. The van der Waals surface area contributed by atoms with Gasteiger partial charge < -0.3 is 10.1 Å². The topological polar surface area (TPSA) is 38.3 Å². The van der Waals surface area contributed by atoms with Crippen LogP contribution in [0.25, 0.3) is 0 Å². The van der Waals surface area contributed by atoms with Crippen molar-refractivity contribution >= 4 is 11.6 Å². The first-order chi connectivity index (χ1) is 7.22. The summed E-state index contributed by atoms with van der Waals surface area (Å²) in [5.74, 6) is 0.722. The highest BCUT2D eigenvalue weighted by molar-refractivity contribution is 5.88. The van der Waals surface area contributed by atoms with E-state index in [9.17, 15) is 4.79 Å². The molecule has 0 heterocycles. The highest BCUT2D eigenvalue weighted by atomic mass is 16.5. The van der Waals surface area contributed by atoms with Crippen molar-refractivity contribution in [3.63, 3.8) is 0 Å². The van der Waals surface area contributed by atoms with Crippen LogP contribution in [0.2, 0.25) is 0 Å². The van der Waals surface area contributed by atoms with Crippen LogP contribution in [0.1, 0.15) is 13.8 Å². The zero-order chi connectivity index (χ0) is 11.1. The molecular weight excluding hydrogens is 190 g/mol. The van der Waals surface area contributed by atoms with Crippen LogP contribution in [-0.4, -0.2) is 12.5 Å². The Morgan fingerprint density at radius 2 is 2.07 bits per heavy atom. The molecule has 0 aliphatic carbocycles. The molecule has 0 saturated heterocycles. The van der Waals surface area contributed by atoms with Crippen LogP contribution in [0.3, 0.4) is 0 Å². The Morgan fingerprint density at radius 1 is 1.40 bits per heavy atom. The smallest absolute Gasteiger partial charge is 0.221 e. The number of ether oxygens (including phenoxy) is 1. The molecule has 3 nitrogen and oxygen atoms in total. The summed E-state index contributed by atoms with van der Waals surface area (Å²) in [6.07, 6.45) is 3.87. The predicted molar refractivity (Wildman–Crippen MR) is 61.1 cm³/mol. The molecule has 1 rings (SSSR count). The number of anilines is 1. The van der Waals surface area contributed by atoms with Gasteiger partial charge in [-0.1, -0.05) is 12.2 Å². The molecule has 0 unspecified atom stereocenters. The first kappa shape index (κ1) is 11.3. The molecule has 0 aliphatic rings. The van der Waals surface area contributed by atoms with Crippen molar-refractivity contribution in [3.8, 4) is 5.75 Å². The molecule has 0 aliphatic heterocycles. The SMILES string of the molecule is CC=CCOc1ccc(NC(C)=O)cc1. The van der Waals surface area contributed by atoms with E-state index in [4.69, 9.17) is 4.74 Å². The third kappa shape index (κ3) is 4.31. The lowest BCUT2D eigenvalue weighted by atomic mass is 10.3. The van der Waals surface area contributed by atoms with Crippen LogP contribution in [0.4, 0.5) is 5.69 Å². The predicted octanol–water partition coefficient (Wildman–Crippen LogP) is 2.60. The molecule has 3 heteroatoms. The zero-order valence-corrected chi connectivity index (χ0v) is 8.99. The maximum atomic E-state index is 10.8. The lowest BCUT2D eigenvalue weighted by molar-refractivity contribution is -0.114. The van der Waals surface area contributed by atoms with Gasteiger partial charge in [0.1, 0.15) is 12.4 Å². The summed E-state index contributed by atoms with van der Waals surface area (Å²) in [5, 5.41) is 2.69. The third-order valence-corrected chi connectivity index (χ3v) is 1.76. The minimum atomic E-state index is -0.0717. The summed E-state index contributed by atoms with van der Waals surface area (Å²) in [6.45, 7) is 4.00. The van der Waals surface area contributed by atoms with E-state index in [-0.39, 0.29) is 5.91 Å². The second-order valence-electron chi connectivity index (χ2n) is 3.09. The van der Waals surface area contributed by atoms with E-state index in [1.807, 2.05) is 43.3 Å². The van der Waals surface area contributed by atoms with Gasteiger partial charge in [-0.3, -0.25) is 4.79 Å². The quantitative estimate of drug-likeness (QED) is 0.767. The van der Waals surface area contributed by atoms with Crippen molar-refractivity contribution in [3.05, 3.63) is 36.4 Å². The lowest BCUT2D eigenvalue weighted by Crippen LogP contribution is -2.05. The Kier molecular flexibility index (Phi) is 4.41. The van der Waals surface area contributed by atoms with Crippen LogP contribution in [-0.2, 0) is 4.79 Å². The maximum Gasteiger partial charge on any atom is 0.221 e. The molecule has 0 atom stereocenters. The third-order valence-electron chi connectivity index (χ3n) is 1.76. The standard InChI is InChI=1S/C12H15NO2/c1-3-4-9-15-12-7-5-11(6-8-12)13-10(2)14/h3-8H,9H2,1-2H3,(H,13,14). The van der Waals surface area contributed by atoms with E-state index in [1.165, 1.54) is 6.92 Å². The summed E-state index contributed by atoms with van der Waals surface area (Å²) >= 11 is 0. The fourth-order valence-electron chi connectivity index (χ4n) is 1.08. The van der Waals surface area contributed by atoms with Gasteiger partial charge in [0.2, 0.25) is 5.91 Å². The number of nitrogens with one attached hydrogen (secondary N) is 1. The molecule has 0 bridgehead atoms. The van der Waals surface area contributed by atoms with Gasteiger partial charge in [-0.15, -0.1) is 0 Å². The van der Waals surface area contributed by atoms with Gasteiger partial charge in [0.15, 0.2) is 0 Å². The van der Waals surface area contributed by atoms with E-state index in [0.29, 0.717) is 6.61 Å². The number of carbonyl (C=O) groups is 1. The summed E-state index contributed by atoms with van der Waals surface area (Å²) in [6, 6.07) is 7.28. The van der Waals surface area contributed by atoms with Gasteiger partial charge in [0.05, 0.1) is 0 Å². The van der Waals surface area contributed by atoms with Gasteiger partial charge in [-0.05, 0) is 31.2 Å². The second kappa shape index (κ2) is 5.86. The normalized spacial score (nSPS) is 10.3. The van der Waals surface area contributed by atoms with Crippen molar-refractivity contribution in [2.75, 3.05) is 11.9 Å². The number of rotatable bonds is 4. The number of allylic oxidation sites excluding steroid dienone is 1. The van der Waals surface area contributed by atoms with Gasteiger partial charge in [0.25, 0.3) is 0 Å². The summed E-state index contributed by atoms with van der Waals surface area (Å²) in [7, 11) is 0. The largest absolute Gasteiger partial charge is 0.490 e. The first-order valence-electron chi connectivity index (χ1n) is 4.84.